The lowest BCUT2D eigenvalue weighted by Crippen LogP contribution is -2.30. The monoisotopic (exact) mass is 167 g/mol. The highest BCUT2D eigenvalue weighted by molar-refractivity contribution is 5.45. The van der Waals surface area contributed by atoms with Crippen molar-refractivity contribution in [2.24, 2.45) is 0 Å². The molecule has 2 rings (SSSR count). The second-order valence-corrected chi connectivity index (χ2v) is 2.65. The summed E-state index contributed by atoms with van der Waals surface area (Å²) >= 11 is 0. The predicted molar refractivity (Wildman–Crippen MR) is 44.9 cm³/mol. The van der Waals surface area contributed by atoms with Gasteiger partial charge < -0.3 is 0 Å². The first-order valence-electron chi connectivity index (χ1n) is 3.83. The van der Waals surface area contributed by atoms with E-state index in [9.17, 15) is 4.39 Å². The maximum atomic E-state index is 12.5. The van der Waals surface area contributed by atoms with E-state index in [4.69, 9.17) is 0 Å². The third-order valence-corrected chi connectivity index (χ3v) is 1.80. The maximum Gasteiger partial charge on any atom is 0.123 e. The standard InChI is InChI=1S/C8H10FN3/c9-7-1-3-8(4-2-7)12-6-10-5-11-12/h1-4,10-11H,5-6H2. The fraction of sp³-hybridized carbons (Fsp3) is 0.250. The van der Waals surface area contributed by atoms with Crippen molar-refractivity contribution in [2.45, 2.75) is 0 Å². The molecule has 0 bridgehead atoms. The van der Waals surface area contributed by atoms with Crippen LogP contribution in [0, 0.1) is 5.82 Å². The molecule has 3 nitrogen and oxygen atoms in total. The first-order chi connectivity index (χ1) is 5.86. The molecule has 0 aliphatic carbocycles. The van der Waals surface area contributed by atoms with E-state index in [1.807, 2.05) is 5.01 Å². The van der Waals surface area contributed by atoms with E-state index in [-0.39, 0.29) is 5.82 Å². The van der Waals surface area contributed by atoms with Crippen molar-refractivity contribution in [1.29, 1.82) is 0 Å². The SMILES string of the molecule is Fc1ccc(N2CNCN2)cc1. The van der Waals surface area contributed by atoms with Gasteiger partial charge in [0.05, 0.1) is 19.0 Å². The molecule has 0 spiro atoms. The number of benzene rings is 1. The van der Waals surface area contributed by atoms with E-state index in [0.717, 1.165) is 19.0 Å². The highest BCUT2D eigenvalue weighted by atomic mass is 19.1. The van der Waals surface area contributed by atoms with Crippen molar-refractivity contribution in [3.05, 3.63) is 30.1 Å². The van der Waals surface area contributed by atoms with Gasteiger partial charge in [-0.2, -0.15) is 0 Å². The molecule has 1 fully saturated rings. The molecule has 4 heteroatoms. The summed E-state index contributed by atoms with van der Waals surface area (Å²) in [7, 11) is 0. The summed E-state index contributed by atoms with van der Waals surface area (Å²) in [4.78, 5) is 0. The number of nitrogens with one attached hydrogen (secondary N) is 2. The van der Waals surface area contributed by atoms with Crippen LogP contribution >= 0.6 is 0 Å². The Morgan fingerprint density at radius 2 is 2.00 bits per heavy atom. The molecular formula is C8H10FN3. The molecule has 1 saturated heterocycles. The average Bonchev–Trinajstić information content (AvgIpc) is 2.58. The molecule has 0 unspecified atom stereocenters. The van der Waals surface area contributed by atoms with Crippen LogP contribution in [0.4, 0.5) is 10.1 Å². The molecule has 1 heterocycles. The number of rotatable bonds is 1. The molecule has 2 N–H and O–H groups in total. The van der Waals surface area contributed by atoms with Crippen molar-refractivity contribution in [1.82, 2.24) is 10.7 Å². The highest BCUT2D eigenvalue weighted by Crippen LogP contribution is 2.12. The summed E-state index contributed by atoms with van der Waals surface area (Å²) in [5.41, 5.74) is 4.07. The molecule has 1 aliphatic heterocycles. The van der Waals surface area contributed by atoms with Gasteiger partial charge in [0.25, 0.3) is 0 Å². The molecule has 0 aromatic heterocycles. The van der Waals surface area contributed by atoms with Crippen LogP contribution in [0.15, 0.2) is 24.3 Å². The first kappa shape index (κ1) is 7.52. The number of hydrazine groups is 1. The van der Waals surface area contributed by atoms with E-state index < -0.39 is 0 Å². The van der Waals surface area contributed by atoms with Crippen LogP contribution < -0.4 is 15.8 Å². The molecule has 0 saturated carbocycles. The lowest BCUT2D eigenvalue weighted by molar-refractivity contribution is 0.627. The Balaban J connectivity index is 2.17. The second kappa shape index (κ2) is 3.08. The van der Waals surface area contributed by atoms with E-state index >= 15 is 0 Å². The molecule has 1 aromatic rings. The molecule has 1 aliphatic rings. The van der Waals surface area contributed by atoms with Gasteiger partial charge in [0.2, 0.25) is 0 Å². The molecule has 0 radical (unpaired) electrons. The fourth-order valence-electron chi connectivity index (χ4n) is 1.18. The van der Waals surface area contributed by atoms with Crippen LogP contribution in [-0.4, -0.2) is 13.3 Å². The lowest BCUT2D eigenvalue weighted by atomic mass is 10.3. The van der Waals surface area contributed by atoms with Crippen LogP contribution in [0.5, 0.6) is 0 Å². The van der Waals surface area contributed by atoms with Crippen LogP contribution in [0.1, 0.15) is 0 Å². The smallest absolute Gasteiger partial charge is 0.123 e. The summed E-state index contributed by atoms with van der Waals surface area (Å²) in [5.74, 6) is -0.203. The van der Waals surface area contributed by atoms with Gasteiger partial charge in [-0.25, -0.2) is 9.82 Å². The minimum absolute atomic E-state index is 0.203. The Bertz CT molecular complexity index is 254. The molecule has 0 amide bonds. The molecule has 64 valence electrons. The van der Waals surface area contributed by atoms with Crippen LogP contribution in [-0.2, 0) is 0 Å². The largest absolute Gasteiger partial charge is 0.293 e. The Labute approximate surface area is 70.2 Å². The van der Waals surface area contributed by atoms with E-state index in [2.05, 4.69) is 10.7 Å². The molecule has 1 aromatic carbocycles. The first-order valence-corrected chi connectivity index (χ1v) is 3.83. The van der Waals surface area contributed by atoms with Gasteiger partial charge in [-0.05, 0) is 24.3 Å². The van der Waals surface area contributed by atoms with Crippen LogP contribution in [0.3, 0.4) is 0 Å². The number of hydrogen-bond acceptors (Lipinski definition) is 3. The molecule has 12 heavy (non-hydrogen) atoms. The topological polar surface area (TPSA) is 27.3 Å². The van der Waals surface area contributed by atoms with Gasteiger partial charge in [-0.15, -0.1) is 0 Å². The van der Waals surface area contributed by atoms with E-state index in [0.29, 0.717) is 0 Å². The highest BCUT2D eigenvalue weighted by Gasteiger charge is 2.09. The third-order valence-electron chi connectivity index (χ3n) is 1.80. The number of halogens is 1. The minimum atomic E-state index is -0.203. The van der Waals surface area contributed by atoms with Crippen molar-refractivity contribution in [2.75, 3.05) is 18.3 Å². The second-order valence-electron chi connectivity index (χ2n) is 2.65. The Kier molecular flexibility index (Phi) is 1.93. The quantitative estimate of drug-likeness (QED) is 0.643. The summed E-state index contributed by atoms with van der Waals surface area (Å²) in [6, 6.07) is 6.40. The van der Waals surface area contributed by atoms with Crippen molar-refractivity contribution >= 4 is 5.69 Å². The van der Waals surface area contributed by atoms with Gasteiger partial charge in [0.1, 0.15) is 5.82 Å². The Morgan fingerprint density at radius 3 is 2.58 bits per heavy atom. The zero-order valence-electron chi connectivity index (χ0n) is 6.55. The van der Waals surface area contributed by atoms with E-state index in [1.54, 1.807) is 12.1 Å². The van der Waals surface area contributed by atoms with Crippen molar-refractivity contribution < 1.29 is 4.39 Å². The average molecular weight is 167 g/mol. The lowest BCUT2D eigenvalue weighted by Gasteiger charge is -2.15. The zero-order valence-corrected chi connectivity index (χ0v) is 6.55. The molecular weight excluding hydrogens is 157 g/mol. The van der Waals surface area contributed by atoms with Crippen molar-refractivity contribution in [3.63, 3.8) is 0 Å². The van der Waals surface area contributed by atoms with Gasteiger partial charge >= 0.3 is 0 Å². The predicted octanol–water partition coefficient (Wildman–Crippen LogP) is 0.655. The fourth-order valence-corrected chi connectivity index (χ4v) is 1.18. The molecule has 0 atom stereocenters. The zero-order chi connectivity index (χ0) is 8.39. The van der Waals surface area contributed by atoms with Crippen LogP contribution in [0.25, 0.3) is 0 Å². The number of nitrogens with zero attached hydrogens (tertiary/aromatic N) is 1. The van der Waals surface area contributed by atoms with Gasteiger partial charge in [-0.1, -0.05) is 0 Å². The summed E-state index contributed by atoms with van der Waals surface area (Å²) in [6.07, 6.45) is 0. The summed E-state index contributed by atoms with van der Waals surface area (Å²) < 4.78 is 12.5. The minimum Gasteiger partial charge on any atom is -0.293 e. The maximum absolute atomic E-state index is 12.5. The normalized spacial score (nSPS) is 16.9. The van der Waals surface area contributed by atoms with Gasteiger partial charge in [-0.3, -0.25) is 10.3 Å². The Morgan fingerprint density at radius 1 is 1.25 bits per heavy atom. The summed E-state index contributed by atoms with van der Waals surface area (Å²) in [5, 5.41) is 5.04. The number of anilines is 1. The van der Waals surface area contributed by atoms with Gasteiger partial charge in [0, 0.05) is 0 Å². The van der Waals surface area contributed by atoms with Gasteiger partial charge in [0.15, 0.2) is 0 Å². The van der Waals surface area contributed by atoms with Crippen LogP contribution in [0.2, 0.25) is 0 Å². The van der Waals surface area contributed by atoms with E-state index in [1.165, 1.54) is 12.1 Å². The Hall–Kier alpha value is -1.13. The summed E-state index contributed by atoms with van der Waals surface area (Å²) in [6.45, 7) is 1.52. The number of hydrogen-bond donors (Lipinski definition) is 2. The third kappa shape index (κ3) is 1.39. The van der Waals surface area contributed by atoms with Crippen molar-refractivity contribution in [3.8, 4) is 0 Å².